The lowest BCUT2D eigenvalue weighted by Gasteiger charge is -2.32. The number of piperidine rings is 1. The van der Waals surface area contributed by atoms with E-state index in [2.05, 4.69) is 30.1 Å². The SMILES string of the molecule is CC(C)=CCN1CCC(Nc2cccc(F)c2C#N)CC1. The van der Waals surface area contributed by atoms with Gasteiger partial charge in [-0.05, 0) is 38.8 Å². The second-order valence-corrected chi connectivity index (χ2v) is 5.77. The molecule has 0 aliphatic carbocycles. The summed E-state index contributed by atoms with van der Waals surface area (Å²) in [6.45, 7) is 7.28. The molecule has 0 saturated carbocycles. The van der Waals surface area contributed by atoms with Crippen molar-refractivity contribution in [3.63, 3.8) is 0 Å². The molecule has 1 saturated heterocycles. The van der Waals surface area contributed by atoms with Crippen molar-refractivity contribution in [1.29, 1.82) is 5.26 Å². The van der Waals surface area contributed by atoms with Crippen molar-refractivity contribution >= 4 is 5.69 Å². The summed E-state index contributed by atoms with van der Waals surface area (Å²) in [4.78, 5) is 2.42. The lowest BCUT2D eigenvalue weighted by atomic mass is 10.0. The predicted octanol–water partition coefficient (Wildman–Crippen LogP) is 3.54. The van der Waals surface area contributed by atoms with E-state index in [0.29, 0.717) is 11.7 Å². The summed E-state index contributed by atoms with van der Waals surface area (Å²) >= 11 is 0. The molecule has 0 radical (unpaired) electrons. The minimum atomic E-state index is -0.455. The zero-order valence-electron chi connectivity index (χ0n) is 12.7. The van der Waals surface area contributed by atoms with Crippen LogP contribution in [0.15, 0.2) is 29.8 Å². The molecule has 2 rings (SSSR count). The van der Waals surface area contributed by atoms with E-state index in [-0.39, 0.29) is 5.56 Å². The van der Waals surface area contributed by atoms with E-state index in [1.54, 1.807) is 12.1 Å². The average Bonchev–Trinajstić information content (AvgIpc) is 2.47. The van der Waals surface area contributed by atoms with Gasteiger partial charge in [-0.2, -0.15) is 5.26 Å². The van der Waals surface area contributed by atoms with Gasteiger partial charge in [-0.1, -0.05) is 17.7 Å². The van der Waals surface area contributed by atoms with Gasteiger partial charge in [0.05, 0.1) is 5.69 Å². The van der Waals surface area contributed by atoms with Crippen molar-refractivity contribution in [2.45, 2.75) is 32.7 Å². The van der Waals surface area contributed by atoms with E-state index < -0.39 is 5.82 Å². The Morgan fingerprint density at radius 1 is 1.43 bits per heavy atom. The first-order chi connectivity index (χ1) is 10.1. The monoisotopic (exact) mass is 287 g/mol. The molecule has 0 atom stereocenters. The molecule has 1 aromatic rings. The molecule has 1 heterocycles. The number of benzene rings is 1. The van der Waals surface area contributed by atoms with Crippen molar-refractivity contribution in [3.8, 4) is 6.07 Å². The largest absolute Gasteiger partial charge is 0.381 e. The molecule has 0 amide bonds. The molecule has 0 spiro atoms. The zero-order valence-corrected chi connectivity index (χ0v) is 12.7. The fourth-order valence-corrected chi connectivity index (χ4v) is 2.55. The van der Waals surface area contributed by atoms with E-state index in [1.165, 1.54) is 11.6 Å². The molecule has 1 N–H and O–H groups in total. The van der Waals surface area contributed by atoms with E-state index in [9.17, 15) is 4.39 Å². The Balaban J connectivity index is 1.91. The first-order valence-corrected chi connectivity index (χ1v) is 7.41. The summed E-state index contributed by atoms with van der Waals surface area (Å²) in [6, 6.07) is 6.99. The van der Waals surface area contributed by atoms with Crippen molar-refractivity contribution in [1.82, 2.24) is 4.90 Å². The van der Waals surface area contributed by atoms with Crippen LogP contribution in [0.4, 0.5) is 10.1 Å². The number of nitrogens with one attached hydrogen (secondary N) is 1. The second kappa shape index (κ2) is 7.24. The number of likely N-dealkylation sites (tertiary alicyclic amines) is 1. The van der Waals surface area contributed by atoms with E-state index in [1.807, 2.05) is 6.07 Å². The molecule has 1 aliphatic rings. The fraction of sp³-hybridized carbons (Fsp3) is 0.471. The van der Waals surface area contributed by atoms with Crippen LogP contribution in [0.2, 0.25) is 0 Å². The normalized spacial score (nSPS) is 16.3. The number of hydrogen-bond acceptors (Lipinski definition) is 3. The molecule has 1 aromatic carbocycles. The summed E-state index contributed by atoms with van der Waals surface area (Å²) in [6.07, 6.45) is 4.27. The molecule has 3 nitrogen and oxygen atoms in total. The van der Waals surface area contributed by atoms with Crippen molar-refractivity contribution in [2.24, 2.45) is 0 Å². The number of nitrogens with zero attached hydrogens (tertiary/aromatic N) is 2. The van der Waals surface area contributed by atoms with Crippen molar-refractivity contribution < 1.29 is 4.39 Å². The standard InChI is InChI=1S/C17H22FN3/c1-13(2)6-9-21-10-7-14(8-11-21)20-17-5-3-4-16(18)15(17)12-19/h3-6,14,20H,7-11H2,1-2H3. The van der Waals surface area contributed by atoms with Gasteiger partial charge in [0.2, 0.25) is 0 Å². The lowest BCUT2D eigenvalue weighted by Crippen LogP contribution is -2.39. The topological polar surface area (TPSA) is 39.1 Å². The van der Waals surface area contributed by atoms with Crippen LogP contribution in [0, 0.1) is 17.1 Å². The van der Waals surface area contributed by atoms with Crippen LogP contribution < -0.4 is 5.32 Å². The minimum Gasteiger partial charge on any atom is -0.381 e. The van der Waals surface area contributed by atoms with Gasteiger partial charge in [0.25, 0.3) is 0 Å². The lowest BCUT2D eigenvalue weighted by molar-refractivity contribution is 0.240. The summed E-state index contributed by atoms with van der Waals surface area (Å²) < 4.78 is 13.6. The van der Waals surface area contributed by atoms with Crippen molar-refractivity contribution in [3.05, 3.63) is 41.2 Å². The number of hydrogen-bond donors (Lipinski definition) is 1. The summed E-state index contributed by atoms with van der Waals surface area (Å²) in [7, 11) is 0. The molecule has 0 unspecified atom stereocenters. The summed E-state index contributed by atoms with van der Waals surface area (Å²) in [5.41, 5.74) is 2.07. The van der Waals surface area contributed by atoms with Crippen LogP contribution in [0.3, 0.4) is 0 Å². The van der Waals surface area contributed by atoms with Crippen LogP contribution in [-0.4, -0.2) is 30.6 Å². The number of anilines is 1. The van der Waals surface area contributed by atoms with Gasteiger partial charge < -0.3 is 5.32 Å². The highest BCUT2D eigenvalue weighted by Gasteiger charge is 2.19. The third-order valence-corrected chi connectivity index (χ3v) is 3.83. The Hall–Kier alpha value is -1.86. The van der Waals surface area contributed by atoms with Crippen molar-refractivity contribution in [2.75, 3.05) is 25.0 Å². The Morgan fingerprint density at radius 2 is 2.14 bits per heavy atom. The molecular formula is C17H22FN3. The first kappa shape index (κ1) is 15.5. The number of nitriles is 1. The summed E-state index contributed by atoms with van der Waals surface area (Å²) in [5, 5.41) is 12.4. The van der Waals surface area contributed by atoms with E-state index >= 15 is 0 Å². The summed E-state index contributed by atoms with van der Waals surface area (Å²) in [5.74, 6) is -0.455. The fourth-order valence-electron chi connectivity index (χ4n) is 2.55. The maximum atomic E-state index is 13.6. The maximum Gasteiger partial charge on any atom is 0.143 e. The van der Waals surface area contributed by atoms with Crippen LogP contribution >= 0.6 is 0 Å². The van der Waals surface area contributed by atoms with Gasteiger partial charge in [0.15, 0.2) is 0 Å². The highest BCUT2D eigenvalue weighted by Crippen LogP contribution is 2.22. The van der Waals surface area contributed by atoms with Crippen LogP contribution in [-0.2, 0) is 0 Å². The maximum absolute atomic E-state index is 13.6. The molecule has 112 valence electrons. The van der Waals surface area contributed by atoms with Crippen LogP contribution in [0.1, 0.15) is 32.3 Å². The Kier molecular flexibility index (Phi) is 5.35. The predicted molar refractivity (Wildman–Crippen MR) is 83.6 cm³/mol. The zero-order chi connectivity index (χ0) is 15.2. The molecule has 1 fully saturated rings. The van der Waals surface area contributed by atoms with Gasteiger partial charge >= 0.3 is 0 Å². The van der Waals surface area contributed by atoms with E-state index in [0.717, 1.165) is 32.5 Å². The third kappa shape index (κ3) is 4.30. The number of allylic oxidation sites excluding steroid dienone is 1. The molecule has 0 bridgehead atoms. The molecule has 21 heavy (non-hydrogen) atoms. The van der Waals surface area contributed by atoms with Gasteiger partial charge in [0, 0.05) is 25.7 Å². The van der Waals surface area contributed by atoms with Gasteiger partial charge in [0.1, 0.15) is 17.4 Å². The molecular weight excluding hydrogens is 265 g/mol. The number of halogens is 1. The third-order valence-electron chi connectivity index (χ3n) is 3.83. The second-order valence-electron chi connectivity index (χ2n) is 5.77. The Labute approximate surface area is 126 Å². The van der Waals surface area contributed by atoms with Crippen LogP contribution in [0.5, 0.6) is 0 Å². The smallest absolute Gasteiger partial charge is 0.143 e. The average molecular weight is 287 g/mol. The first-order valence-electron chi connectivity index (χ1n) is 7.41. The highest BCUT2D eigenvalue weighted by atomic mass is 19.1. The number of rotatable bonds is 4. The van der Waals surface area contributed by atoms with Crippen LogP contribution in [0.25, 0.3) is 0 Å². The highest BCUT2D eigenvalue weighted by molar-refractivity contribution is 5.58. The minimum absolute atomic E-state index is 0.115. The Morgan fingerprint density at radius 3 is 2.76 bits per heavy atom. The van der Waals surface area contributed by atoms with E-state index in [4.69, 9.17) is 5.26 Å². The quantitative estimate of drug-likeness (QED) is 0.861. The van der Waals surface area contributed by atoms with Gasteiger partial charge in [-0.3, -0.25) is 4.90 Å². The molecule has 1 aliphatic heterocycles. The van der Waals surface area contributed by atoms with Gasteiger partial charge in [-0.25, -0.2) is 4.39 Å². The molecule has 0 aromatic heterocycles. The Bertz CT molecular complexity index is 548. The molecule has 4 heteroatoms. The van der Waals surface area contributed by atoms with Gasteiger partial charge in [-0.15, -0.1) is 0 Å².